The molecule has 0 unspecified atom stereocenters. The van der Waals surface area contributed by atoms with Crippen LogP contribution in [0.3, 0.4) is 0 Å². The predicted molar refractivity (Wildman–Crippen MR) is 71.1 cm³/mol. The molecular formula is C10H12INO3S. The molecule has 0 radical (unpaired) electrons. The van der Waals surface area contributed by atoms with Crippen LogP contribution in [0.5, 0.6) is 5.75 Å². The van der Waals surface area contributed by atoms with Gasteiger partial charge in [-0.2, -0.15) is 0 Å². The molecule has 1 aromatic carbocycles. The van der Waals surface area contributed by atoms with Crippen LogP contribution in [0.25, 0.3) is 0 Å². The molecule has 0 bridgehead atoms. The molecule has 1 aromatic rings. The molecular weight excluding hydrogens is 341 g/mol. The van der Waals surface area contributed by atoms with Crippen molar-refractivity contribution in [3.8, 4) is 5.75 Å². The molecule has 0 aliphatic rings. The summed E-state index contributed by atoms with van der Waals surface area (Å²) in [6.07, 6.45) is 1.49. The first-order chi connectivity index (χ1) is 7.51. The van der Waals surface area contributed by atoms with Crippen molar-refractivity contribution in [2.45, 2.75) is 4.90 Å². The van der Waals surface area contributed by atoms with E-state index >= 15 is 0 Å². The third kappa shape index (κ3) is 3.19. The second kappa shape index (κ2) is 5.65. The Balaban J connectivity index is 3.05. The van der Waals surface area contributed by atoms with E-state index in [9.17, 15) is 8.42 Å². The second-order valence-electron chi connectivity index (χ2n) is 2.94. The SMILES string of the molecule is C=CCNS(=O)(=O)c1ccc(OC)c(I)c1. The average molecular weight is 353 g/mol. The molecule has 0 atom stereocenters. The van der Waals surface area contributed by atoms with Gasteiger partial charge in [0, 0.05) is 6.54 Å². The summed E-state index contributed by atoms with van der Waals surface area (Å²) in [6.45, 7) is 3.67. The highest BCUT2D eigenvalue weighted by molar-refractivity contribution is 14.1. The van der Waals surface area contributed by atoms with Crippen molar-refractivity contribution in [3.05, 3.63) is 34.4 Å². The van der Waals surface area contributed by atoms with Crippen molar-refractivity contribution in [2.24, 2.45) is 0 Å². The van der Waals surface area contributed by atoms with Crippen LogP contribution in [0.15, 0.2) is 35.7 Å². The van der Waals surface area contributed by atoms with Crippen LogP contribution in [0.1, 0.15) is 0 Å². The lowest BCUT2D eigenvalue weighted by Crippen LogP contribution is -2.23. The molecule has 0 aromatic heterocycles. The number of methoxy groups -OCH3 is 1. The number of nitrogens with one attached hydrogen (secondary N) is 1. The van der Waals surface area contributed by atoms with Gasteiger partial charge < -0.3 is 4.74 Å². The molecule has 0 spiro atoms. The smallest absolute Gasteiger partial charge is 0.240 e. The maximum Gasteiger partial charge on any atom is 0.240 e. The molecule has 0 saturated heterocycles. The summed E-state index contributed by atoms with van der Waals surface area (Å²) in [5.74, 6) is 0.656. The van der Waals surface area contributed by atoms with Crippen molar-refractivity contribution >= 4 is 32.6 Å². The Labute approximate surface area is 109 Å². The Bertz CT molecular complexity index is 485. The fraction of sp³-hybridized carbons (Fsp3) is 0.200. The Hall–Kier alpha value is -0.600. The highest BCUT2D eigenvalue weighted by atomic mass is 127. The van der Waals surface area contributed by atoms with Crippen LogP contribution in [0.4, 0.5) is 0 Å². The minimum absolute atomic E-state index is 0.213. The van der Waals surface area contributed by atoms with E-state index in [1.54, 1.807) is 19.2 Å². The Kier molecular flexibility index (Phi) is 4.75. The van der Waals surface area contributed by atoms with Crippen molar-refractivity contribution in [2.75, 3.05) is 13.7 Å². The summed E-state index contributed by atoms with van der Waals surface area (Å²) in [5, 5.41) is 0. The van der Waals surface area contributed by atoms with Gasteiger partial charge in [-0.15, -0.1) is 6.58 Å². The fourth-order valence-electron chi connectivity index (χ4n) is 1.07. The van der Waals surface area contributed by atoms with E-state index in [1.165, 1.54) is 12.1 Å². The van der Waals surface area contributed by atoms with Crippen LogP contribution in [0.2, 0.25) is 0 Å². The molecule has 1 rings (SSSR count). The number of hydrogen-bond donors (Lipinski definition) is 1. The third-order valence-electron chi connectivity index (χ3n) is 1.85. The Morgan fingerprint density at radius 3 is 2.75 bits per heavy atom. The van der Waals surface area contributed by atoms with Gasteiger partial charge in [0.2, 0.25) is 10.0 Å². The summed E-state index contributed by atoms with van der Waals surface area (Å²) in [4.78, 5) is 0.222. The molecule has 0 amide bonds. The van der Waals surface area contributed by atoms with Crippen LogP contribution >= 0.6 is 22.6 Å². The van der Waals surface area contributed by atoms with E-state index in [0.29, 0.717) is 5.75 Å². The molecule has 88 valence electrons. The summed E-state index contributed by atoms with van der Waals surface area (Å²) in [6, 6.07) is 4.70. The van der Waals surface area contributed by atoms with Gasteiger partial charge >= 0.3 is 0 Å². The standard InChI is InChI=1S/C10H12INO3S/c1-3-6-12-16(13,14)8-4-5-10(15-2)9(11)7-8/h3-5,7,12H,1,6H2,2H3. The Morgan fingerprint density at radius 1 is 1.56 bits per heavy atom. The van der Waals surface area contributed by atoms with Gasteiger partial charge in [0.25, 0.3) is 0 Å². The number of halogens is 1. The fourth-order valence-corrected chi connectivity index (χ4v) is 3.04. The van der Waals surface area contributed by atoms with Crippen molar-refractivity contribution in [3.63, 3.8) is 0 Å². The summed E-state index contributed by atoms with van der Waals surface area (Å²) < 4.78 is 31.7. The van der Waals surface area contributed by atoms with E-state index in [0.717, 1.165) is 3.57 Å². The van der Waals surface area contributed by atoms with Crippen LogP contribution in [-0.4, -0.2) is 22.1 Å². The van der Waals surface area contributed by atoms with Crippen molar-refractivity contribution < 1.29 is 13.2 Å². The van der Waals surface area contributed by atoms with Crippen LogP contribution < -0.4 is 9.46 Å². The molecule has 0 heterocycles. The largest absolute Gasteiger partial charge is 0.496 e. The highest BCUT2D eigenvalue weighted by Crippen LogP contribution is 2.23. The lowest BCUT2D eigenvalue weighted by atomic mass is 10.3. The number of benzene rings is 1. The molecule has 0 saturated carbocycles. The maximum atomic E-state index is 11.7. The zero-order valence-electron chi connectivity index (χ0n) is 8.73. The zero-order chi connectivity index (χ0) is 12.2. The van der Waals surface area contributed by atoms with Gasteiger partial charge in [-0.05, 0) is 40.8 Å². The molecule has 0 aliphatic heterocycles. The molecule has 16 heavy (non-hydrogen) atoms. The molecule has 1 N–H and O–H groups in total. The lowest BCUT2D eigenvalue weighted by Gasteiger charge is -2.07. The van der Waals surface area contributed by atoms with Gasteiger partial charge in [0.05, 0.1) is 15.6 Å². The van der Waals surface area contributed by atoms with Gasteiger partial charge in [0.15, 0.2) is 0 Å². The molecule has 6 heteroatoms. The summed E-state index contributed by atoms with van der Waals surface area (Å²) in [7, 11) is -1.91. The zero-order valence-corrected chi connectivity index (χ0v) is 11.7. The van der Waals surface area contributed by atoms with Gasteiger partial charge in [0.1, 0.15) is 5.75 Å². The first-order valence-corrected chi connectivity index (χ1v) is 7.01. The average Bonchev–Trinajstić information content (AvgIpc) is 2.26. The highest BCUT2D eigenvalue weighted by Gasteiger charge is 2.14. The monoisotopic (exact) mass is 353 g/mol. The molecule has 0 fully saturated rings. The van der Waals surface area contributed by atoms with Crippen molar-refractivity contribution in [1.29, 1.82) is 0 Å². The number of hydrogen-bond acceptors (Lipinski definition) is 3. The lowest BCUT2D eigenvalue weighted by molar-refractivity contribution is 0.411. The van der Waals surface area contributed by atoms with E-state index in [-0.39, 0.29) is 11.4 Å². The van der Waals surface area contributed by atoms with E-state index in [4.69, 9.17) is 4.74 Å². The third-order valence-corrected chi connectivity index (χ3v) is 4.12. The van der Waals surface area contributed by atoms with E-state index in [1.807, 2.05) is 22.6 Å². The van der Waals surface area contributed by atoms with Crippen molar-refractivity contribution in [1.82, 2.24) is 4.72 Å². The van der Waals surface area contributed by atoms with Gasteiger partial charge in [-0.25, -0.2) is 13.1 Å². The number of ether oxygens (including phenoxy) is 1. The molecule has 0 aliphatic carbocycles. The first kappa shape index (κ1) is 13.5. The molecule has 4 nitrogen and oxygen atoms in total. The quantitative estimate of drug-likeness (QED) is 0.648. The first-order valence-electron chi connectivity index (χ1n) is 4.45. The van der Waals surface area contributed by atoms with Gasteiger partial charge in [-0.3, -0.25) is 0 Å². The summed E-state index contributed by atoms with van der Waals surface area (Å²) in [5.41, 5.74) is 0. The number of sulfonamides is 1. The van der Waals surface area contributed by atoms with Crippen LogP contribution in [-0.2, 0) is 10.0 Å². The van der Waals surface area contributed by atoms with E-state index in [2.05, 4.69) is 11.3 Å². The minimum Gasteiger partial charge on any atom is -0.496 e. The topological polar surface area (TPSA) is 55.4 Å². The second-order valence-corrected chi connectivity index (χ2v) is 5.87. The Morgan fingerprint density at radius 2 is 2.25 bits per heavy atom. The van der Waals surface area contributed by atoms with E-state index < -0.39 is 10.0 Å². The van der Waals surface area contributed by atoms with Gasteiger partial charge in [-0.1, -0.05) is 6.08 Å². The minimum atomic E-state index is -3.45. The maximum absolute atomic E-state index is 11.7. The van der Waals surface area contributed by atoms with Crippen LogP contribution in [0, 0.1) is 3.57 Å². The normalized spacial score (nSPS) is 11.1. The number of rotatable bonds is 5. The summed E-state index contributed by atoms with van der Waals surface area (Å²) >= 11 is 2.03. The predicted octanol–water partition coefficient (Wildman–Crippen LogP) is 1.76.